The number of allylic oxidation sites excluding steroid dienone is 1. The predicted molar refractivity (Wildman–Crippen MR) is 90.8 cm³/mol. The first kappa shape index (κ1) is 15.2. The normalized spacial score (nSPS) is 22.1. The molecule has 124 valence electrons. The SMILES string of the molecule is CC1(C)CC(=O)C2=C(C1)Nc1nonc1NC2c1cccc(Cl)c1. The van der Waals surface area contributed by atoms with Crippen molar-refractivity contribution in [3.05, 3.63) is 46.1 Å². The van der Waals surface area contributed by atoms with Gasteiger partial charge in [-0.2, -0.15) is 0 Å². The second-order valence-corrected chi connectivity index (χ2v) is 7.49. The van der Waals surface area contributed by atoms with E-state index in [1.165, 1.54) is 0 Å². The number of halogens is 1. The van der Waals surface area contributed by atoms with Crippen LogP contribution in [-0.2, 0) is 4.79 Å². The zero-order chi connectivity index (χ0) is 16.9. The average Bonchev–Trinajstić information content (AvgIpc) is 2.85. The van der Waals surface area contributed by atoms with Crippen LogP contribution >= 0.6 is 11.6 Å². The first-order valence-electron chi connectivity index (χ1n) is 7.81. The number of benzene rings is 1. The zero-order valence-electron chi connectivity index (χ0n) is 13.4. The molecule has 1 aliphatic carbocycles. The molecule has 24 heavy (non-hydrogen) atoms. The van der Waals surface area contributed by atoms with Gasteiger partial charge in [0.15, 0.2) is 5.78 Å². The fraction of sp³-hybridized carbons (Fsp3) is 0.353. The molecule has 7 heteroatoms. The number of aromatic nitrogens is 2. The molecule has 0 saturated heterocycles. The van der Waals surface area contributed by atoms with Gasteiger partial charge in [0.05, 0.1) is 6.04 Å². The molecule has 2 aliphatic rings. The topological polar surface area (TPSA) is 80.1 Å². The van der Waals surface area contributed by atoms with Gasteiger partial charge in [-0.1, -0.05) is 37.6 Å². The number of carbonyl (C=O) groups excluding carboxylic acids is 1. The number of hydrogen-bond donors (Lipinski definition) is 2. The first-order valence-corrected chi connectivity index (χ1v) is 8.19. The highest BCUT2D eigenvalue weighted by Gasteiger charge is 2.39. The van der Waals surface area contributed by atoms with E-state index < -0.39 is 0 Å². The summed E-state index contributed by atoms with van der Waals surface area (Å²) < 4.78 is 4.83. The van der Waals surface area contributed by atoms with E-state index in [0.29, 0.717) is 23.1 Å². The summed E-state index contributed by atoms with van der Waals surface area (Å²) in [4.78, 5) is 12.9. The van der Waals surface area contributed by atoms with E-state index in [1.807, 2.05) is 24.3 Å². The number of anilines is 2. The van der Waals surface area contributed by atoms with Crippen molar-refractivity contribution >= 4 is 29.0 Å². The lowest BCUT2D eigenvalue weighted by molar-refractivity contribution is -0.118. The lowest BCUT2D eigenvalue weighted by Crippen LogP contribution is -2.31. The number of ketones is 1. The lowest BCUT2D eigenvalue weighted by atomic mass is 9.73. The van der Waals surface area contributed by atoms with E-state index in [0.717, 1.165) is 23.3 Å². The molecule has 1 atom stereocenters. The molecular formula is C17H17ClN4O2. The molecule has 1 aliphatic heterocycles. The van der Waals surface area contributed by atoms with Gasteiger partial charge in [-0.15, -0.1) is 0 Å². The van der Waals surface area contributed by atoms with Gasteiger partial charge in [0.1, 0.15) is 0 Å². The van der Waals surface area contributed by atoms with Crippen molar-refractivity contribution in [1.29, 1.82) is 0 Å². The van der Waals surface area contributed by atoms with Gasteiger partial charge < -0.3 is 10.6 Å². The Labute approximate surface area is 144 Å². The molecule has 0 fully saturated rings. The minimum atomic E-state index is -0.344. The summed E-state index contributed by atoms with van der Waals surface area (Å²) >= 11 is 6.15. The van der Waals surface area contributed by atoms with Gasteiger partial charge in [0.25, 0.3) is 0 Å². The zero-order valence-corrected chi connectivity index (χ0v) is 14.1. The maximum absolute atomic E-state index is 12.9. The van der Waals surface area contributed by atoms with Crippen LogP contribution in [0.4, 0.5) is 11.6 Å². The molecule has 0 bridgehead atoms. The lowest BCUT2D eigenvalue weighted by Gasteiger charge is -2.34. The first-order chi connectivity index (χ1) is 11.4. The molecule has 6 nitrogen and oxygen atoms in total. The van der Waals surface area contributed by atoms with Crippen LogP contribution in [0.3, 0.4) is 0 Å². The second kappa shape index (κ2) is 5.34. The van der Waals surface area contributed by atoms with Crippen molar-refractivity contribution in [1.82, 2.24) is 10.3 Å². The monoisotopic (exact) mass is 344 g/mol. The van der Waals surface area contributed by atoms with Crippen molar-refractivity contribution < 1.29 is 9.42 Å². The molecule has 2 heterocycles. The maximum atomic E-state index is 12.9. The van der Waals surface area contributed by atoms with Gasteiger partial charge >= 0.3 is 0 Å². The summed E-state index contributed by atoms with van der Waals surface area (Å²) in [5, 5.41) is 14.9. The van der Waals surface area contributed by atoms with Crippen LogP contribution in [0.5, 0.6) is 0 Å². The van der Waals surface area contributed by atoms with Crippen molar-refractivity contribution in [2.75, 3.05) is 10.6 Å². The highest BCUT2D eigenvalue weighted by molar-refractivity contribution is 6.30. The van der Waals surface area contributed by atoms with E-state index in [9.17, 15) is 4.79 Å². The molecule has 0 spiro atoms. The number of rotatable bonds is 1. The number of fused-ring (bicyclic) bond motifs is 1. The van der Waals surface area contributed by atoms with Gasteiger partial charge in [0, 0.05) is 22.7 Å². The standard InChI is InChI=1S/C17H17ClN4O2/c1-17(2)7-11-13(12(23)8-17)14(9-4-3-5-10(18)6-9)20-16-15(19-11)21-24-22-16/h3-6,14H,7-8H2,1-2H3,(H,19,21)(H,20,22). The highest BCUT2D eigenvalue weighted by atomic mass is 35.5. The van der Waals surface area contributed by atoms with Crippen LogP contribution < -0.4 is 10.6 Å². The van der Waals surface area contributed by atoms with Crippen LogP contribution in [0.1, 0.15) is 38.3 Å². The third-order valence-electron chi connectivity index (χ3n) is 4.43. The highest BCUT2D eigenvalue weighted by Crippen LogP contribution is 2.44. The van der Waals surface area contributed by atoms with Crippen LogP contribution in [-0.4, -0.2) is 16.1 Å². The van der Waals surface area contributed by atoms with Gasteiger partial charge in [0.2, 0.25) is 11.6 Å². The van der Waals surface area contributed by atoms with Crippen molar-refractivity contribution in [2.45, 2.75) is 32.7 Å². The van der Waals surface area contributed by atoms with Gasteiger partial charge in [-0.25, -0.2) is 4.63 Å². The number of carbonyl (C=O) groups is 1. The molecule has 0 amide bonds. The van der Waals surface area contributed by atoms with Crippen LogP contribution in [0.15, 0.2) is 40.2 Å². The van der Waals surface area contributed by atoms with E-state index >= 15 is 0 Å². The Morgan fingerprint density at radius 1 is 1.25 bits per heavy atom. The number of nitrogens with zero attached hydrogens (tertiary/aromatic N) is 2. The number of nitrogens with one attached hydrogen (secondary N) is 2. The van der Waals surface area contributed by atoms with Crippen molar-refractivity contribution in [3.63, 3.8) is 0 Å². The Balaban J connectivity index is 1.88. The smallest absolute Gasteiger partial charge is 0.219 e. The summed E-state index contributed by atoms with van der Waals surface area (Å²) in [5.74, 6) is 1.10. The molecule has 1 aromatic carbocycles. The number of hydrogen-bond acceptors (Lipinski definition) is 6. The molecule has 2 N–H and O–H groups in total. The molecule has 4 rings (SSSR count). The fourth-order valence-electron chi connectivity index (χ4n) is 3.43. The maximum Gasteiger partial charge on any atom is 0.219 e. The summed E-state index contributed by atoms with van der Waals surface area (Å²) in [5.41, 5.74) is 2.38. The van der Waals surface area contributed by atoms with Gasteiger partial charge in [-0.3, -0.25) is 4.79 Å². The van der Waals surface area contributed by atoms with Crippen LogP contribution in [0, 0.1) is 5.41 Å². The summed E-state index contributed by atoms with van der Waals surface area (Å²) in [7, 11) is 0. The van der Waals surface area contributed by atoms with Crippen LogP contribution in [0.2, 0.25) is 5.02 Å². The van der Waals surface area contributed by atoms with E-state index in [4.69, 9.17) is 16.2 Å². The van der Waals surface area contributed by atoms with E-state index in [1.54, 1.807) is 0 Å². The minimum Gasteiger partial charge on any atom is -0.353 e. The third kappa shape index (κ3) is 2.57. The number of Topliss-reactive ketones (excluding diaryl/α,β-unsaturated/α-hetero) is 1. The quantitative estimate of drug-likeness (QED) is 0.815. The molecule has 1 aromatic heterocycles. The summed E-state index contributed by atoms with van der Waals surface area (Å²) in [6.45, 7) is 4.18. The molecule has 1 unspecified atom stereocenters. The van der Waals surface area contributed by atoms with Crippen LogP contribution in [0.25, 0.3) is 0 Å². The molecule has 0 saturated carbocycles. The Kier molecular flexibility index (Phi) is 3.38. The van der Waals surface area contributed by atoms with E-state index in [-0.39, 0.29) is 17.2 Å². The van der Waals surface area contributed by atoms with Crippen molar-refractivity contribution in [2.24, 2.45) is 5.41 Å². The average molecular weight is 345 g/mol. The Morgan fingerprint density at radius 3 is 2.83 bits per heavy atom. The molecule has 0 radical (unpaired) electrons. The summed E-state index contributed by atoms with van der Waals surface area (Å²) in [6.07, 6.45) is 1.25. The van der Waals surface area contributed by atoms with Crippen molar-refractivity contribution in [3.8, 4) is 0 Å². The Hall–Kier alpha value is -2.34. The largest absolute Gasteiger partial charge is 0.353 e. The molecule has 2 aromatic rings. The minimum absolute atomic E-state index is 0.108. The second-order valence-electron chi connectivity index (χ2n) is 7.05. The third-order valence-corrected chi connectivity index (χ3v) is 4.66. The predicted octanol–water partition coefficient (Wildman–Crippen LogP) is 3.94. The summed E-state index contributed by atoms with van der Waals surface area (Å²) in [6, 6.07) is 7.14. The van der Waals surface area contributed by atoms with E-state index in [2.05, 4.69) is 34.8 Å². The Morgan fingerprint density at radius 2 is 2.04 bits per heavy atom. The Bertz CT molecular complexity index is 856. The fourth-order valence-corrected chi connectivity index (χ4v) is 3.63. The van der Waals surface area contributed by atoms with Gasteiger partial charge in [-0.05, 0) is 39.8 Å². The molecular weight excluding hydrogens is 328 g/mol.